The summed E-state index contributed by atoms with van der Waals surface area (Å²) in [6, 6.07) is 4.12. The van der Waals surface area contributed by atoms with E-state index in [0.717, 1.165) is 45.9 Å². The molecule has 102 valence electrons. The fourth-order valence-corrected chi connectivity index (χ4v) is 2.40. The lowest BCUT2D eigenvalue weighted by Crippen LogP contribution is -2.04. The van der Waals surface area contributed by atoms with Gasteiger partial charge in [0, 0.05) is 5.56 Å². The van der Waals surface area contributed by atoms with Gasteiger partial charge in [-0.1, -0.05) is 11.2 Å². The van der Waals surface area contributed by atoms with E-state index in [2.05, 4.69) is 18.1 Å². The molecular weight excluding hydrogens is 240 g/mol. The predicted molar refractivity (Wildman–Crippen MR) is 75.5 cm³/mol. The summed E-state index contributed by atoms with van der Waals surface area (Å²) in [4.78, 5) is 0. The van der Waals surface area contributed by atoms with E-state index in [0.29, 0.717) is 6.54 Å². The maximum atomic E-state index is 5.67. The van der Waals surface area contributed by atoms with Gasteiger partial charge in [0.1, 0.15) is 5.75 Å². The van der Waals surface area contributed by atoms with Gasteiger partial charge in [-0.15, -0.1) is 0 Å². The van der Waals surface area contributed by atoms with Crippen LogP contribution >= 0.6 is 0 Å². The van der Waals surface area contributed by atoms with Crippen LogP contribution in [0.2, 0.25) is 0 Å². The van der Waals surface area contributed by atoms with Gasteiger partial charge in [-0.25, -0.2) is 0 Å². The molecule has 0 fully saturated rings. The van der Waals surface area contributed by atoms with Crippen LogP contribution < -0.4 is 10.5 Å². The maximum Gasteiger partial charge on any atom is 0.174 e. The summed E-state index contributed by atoms with van der Waals surface area (Å²) in [5, 5.41) is 4.06. The van der Waals surface area contributed by atoms with Gasteiger partial charge in [0.15, 0.2) is 5.76 Å². The summed E-state index contributed by atoms with van der Waals surface area (Å²) < 4.78 is 11.0. The van der Waals surface area contributed by atoms with Crippen LogP contribution in [0.3, 0.4) is 0 Å². The van der Waals surface area contributed by atoms with Crippen molar-refractivity contribution in [2.24, 2.45) is 5.73 Å². The number of rotatable bonds is 4. The van der Waals surface area contributed by atoms with Crippen molar-refractivity contribution in [2.75, 3.05) is 13.7 Å². The van der Waals surface area contributed by atoms with Gasteiger partial charge in [0.05, 0.1) is 18.4 Å². The van der Waals surface area contributed by atoms with Crippen LogP contribution in [0.5, 0.6) is 5.75 Å². The molecule has 2 rings (SSSR count). The molecule has 19 heavy (non-hydrogen) atoms. The van der Waals surface area contributed by atoms with Crippen LogP contribution in [0.1, 0.15) is 22.4 Å². The second-order valence-electron chi connectivity index (χ2n) is 4.77. The molecule has 0 spiro atoms. The molecule has 2 N–H and O–H groups in total. The van der Waals surface area contributed by atoms with Crippen molar-refractivity contribution < 1.29 is 9.26 Å². The zero-order chi connectivity index (χ0) is 14.0. The number of aryl methyl sites for hydroxylation is 3. The number of benzene rings is 1. The lowest BCUT2D eigenvalue weighted by Gasteiger charge is -2.12. The molecule has 0 saturated carbocycles. The molecule has 0 saturated heterocycles. The smallest absolute Gasteiger partial charge is 0.174 e. The van der Waals surface area contributed by atoms with Crippen LogP contribution in [0, 0.1) is 20.8 Å². The molecule has 1 aromatic heterocycles. The highest BCUT2D eigenvalue weighted by Gasteiger charge is 2.20. The van der Waals surface area contributed by atoms with Crippen molar-refractivity contribution in [2.45, 2.75) is 27.2 Å². The van der Waals surface area contributed by atoms with Gasteiger partial charge in [-0.05, 0) is 50.9 Å². The van der Waals surface area contributed by atoms with Gasteiger partial charge in [0.25, 0.3) is 0 Å². The minimum absolute atomic E-state index is 0.572. The summed E-state index contributed by atoms with van der Waals surface area (Å²) in [6.07, 6.45) is 0.751. The number of methoxy groups -OCH3 is 1. The first-order valence-corrected chi connectivity index (χ1v) is 6.39. The molecular formula is C15H20N2O2. The average molecular weight is 260 g/mol. The maximum absolute atomic E-state index is 5.67. The summed E-state index contributed by atoms with van der Waals surface area (Å²) in [5.74, 6) is 1.59. The van der Waals surface area contributed by atoms with Crippen molar-refractivity contribution in [1.29, 1.82) is 0 Å². The third-order valence-electron chi connectivity index (χ3n) is 3.27. The Morgan fingerprint density at radius 2 is 2.00 bits per heavy atom. The van der Waals surface area contributed by atoms with Crippen LogP contribution in [0.25, 0.3) is 11.3 Å². The van der Waals surface area contributed by atoms with E-state index < -0.39 is 0 Å². The van der Waals surface area contributed by atoms with Crippen molar-refractivity contribution >= 4 is 0 Å². The molecule has 0 unspecified atom stereocenters. The third-order valence-corrected chi connectivity index (χ3v) is 3.27. The number of hydrogen-bond donors (Lipinski definition) is 1. The third kappa shape index (κ3) is 2.49. The molecule has 0 aliphatic heterocycles. The zero-order valence-electron chi connectivity index (χ0n) is 11.9. The molecule has 0 atom stereocenters. The van der Waals surface area contributed by atoms with Crippen molar-refractivity contribution in [3.8, 4) is 17.1 Å². The second-order valence-corrected chi connectivity index (χ2v) is 4.77. The molecule has 0 amide bonds. The highest BCUT2D eigenvalue weighted by Crippen LogP contribution is 2.37. The summed E-state index contributed by atoms with van der Waals surface area (Å²) in [6.45, 7) is 6.61. The molecule has 4 nitrogen and oxygen atoms in total. The lowest BCUT2D eigenvalue weighted by molar-refractivity contribution is 0.404. The number of nitrogens with two attached hydrogens (primary N) is 1. The Balaban J connectivity index is 2.65. The SMILES string of the molecule is COc1cc(C)cc(C)c1-c1onc(C)c1CCN. The number of nitrogens with zero attached hydrogens (tertiary/aromatic N) is 1. The van der Waals surface area contributed by atoms with Crippen molar-refractivity contribution in [3.63, 3.8) is 0 Å². The van der Waals surface area contributed by atoms with Crippen molar-refractivity contribution in [1.82, 2.24) is 5.16 Å². The van der Waals surface area contributed by atoms with E-state index in [1.54, 1.807) is 7.11 Å². The van der Waals surface area contributed by atoms with Gasteiger partial charge in [-0.2, -0.15) is 0 Å². The van der Waals surface area contributed by atoms with E-state index in [-0.39, 0.29) is 0 Å². The molecule has 0 aliphatic carbocycles. The van der Waals surface area contributed by atoms with Crippen LogP contribution in [0.4, 0.5) is 0 Å². The van der Waals surface area contributed by atoms with E-state index in [9.17, 15) is 0 Å². The van der Waals surface area contributed by atoms with Gasteiger partial charge >= 0.3 is 0 Å². The zero-order valence-corrected chi connectivity index (χ0v) is 11.9. The Bertz CT molecular complexity index is 588. The van der Waals surface area contributed by atoms with Gasteiger partial charge in [-0.3, -0.25) is 0 Å². The minimum atomic E-state index is 0.572. The first-order chi connectivity index (χ1) is 9.08. The Morgan fingerprint density at radius 1 is 1.26 bits per heavy atom. The van der Waals surface area contributed by atoms with E-state index in [1.165, 1.54) is 0 Å². The lowest BCUT2D eigenvalue weighted by atomic mass is 9.98. The topological polar surface area (TPSA) is 61.3 Å². The summed E-state index contributed by atoms with van der Waals surface area (Å²) in [5.41, 5.74) is 10.9. The fourth-order valence-electron chi connectivity index (χ4n) is 2.40. The van der Waals surface area contributed by atoms with Gasteiger partial charge in [0.2, 0.25) is 0 Å². The second kappa shape index (κ2) is 5.45. The fraction of sp³-hybridized carbons (Fsp3) is 0.400. The van der Waals surface area contributed by atoms with Gasteiger partial charge < -0.3 is 15.0 Å². The van der Waals surface area contributed by atoms with E-state index in [1.807, 2.05) is 19.9 Å². The number of ether oxygens (including phenoxy) is 1. The average Bonchev–Trinajstić information content (AvgIpc) is 2.71. The highest BCUT2D eigenvalue weighted by atomic mass is 16.5. The molecule has 1 heterocycles. The molecule has 4 heteroatoms. The first kappa shape index (κ1) is 13.6. The molecule has 1 aromatic carbocycles. The quantitative estimate of drug-likeness (QED) is 0.918. The van der Waals surface area contributed by atoms with Crippen LogP contribution in [-0.4, -0.2) is 18.8 Å². The predicted octanol–water partition coefficient (Wildman–Crippen LogP) is 2.78. The Labute approximate surface area is 113 Å². The Hall–Kier alpha value is -1.81. The minimum Gasteiger partial charge on any atom is -0.496 e. The number of hydrogen-bond acceptors (Lipinski definition) is 4. The van der Waals surface area contributed by atoms with Crippen LogP contribution in [0.15, 0.2) is 16.7 Å². The molecule has 0 radical (unpaired) electrons. The molecule has 2 aromatic rings. The normalized spacial score (nSPS) is 10.8. The van der Waals surface area contributed by atoms with Crippen molar-refractivity contribution in [3.05, 3.63) is 34.5 Å². The largest absolute Gasteiger partial charge is 0.496 e. The van der Waals surface area contributed by atoms with E-state index in [4.69, 9.17) is 15.0 Å². The monoisotopic (exact) mass is 260 g/mol. The van der Waals surface area contributed by atoms with E-state index >= 15 is 0 Å². The van der Waals surface area contributed by atoms with Crippen LogP contribution in [-0.2, 0) is 6.42 Å². The summed E-state index contributed by atoms with van der Waals surface area (Å²) >= 11 is 0. The highest BCUT2D eigenvalue weighted by molar-refractivity contribution is 5.73. The first-order valence-electron chi connectivity index (χ1n) is 6.39. The molecule has 0 aliphatic rings. The Kier molecular flexibility index (Phi) is 3.90. The molecule has 0 bridgehead atoms. The summed E-state index contributed by atoms with van der Waals surface area (Å²) in [7, 11) is 1.67. The standard InChI is InChI=1S/C15H20N2O2/c1-9-7-10(2)14(13(8-9)18-4)15-12(5-6-16)11(3)17-19-15/h7-8H,5-6,16H2,1-4H3. The number of aromatic nitrogens is 1. The Morgan fingerprint density at radius 3 is 2.63 bits per heavy atom.